The van der Waals surface area contributed by atoms with Crippen molar-refractivity contribution in [3.8, 4) is 0 Å². The third-order valence-corrected chi connectivity index (χ3v) is 6.47. The highest BCUT2D eigenvalue weighted by atomic mass is 35.5. The van der Waals surface area contributed by atoms with Gasteiger partial charge in [0.25, 0.3) is 5.91 Å². The summed E-state index contributed by atoms with van der Waals surface area (Å²) in [5, 5.41) is 3.18. The number of hydrogen-bond acceptors (Lipinski definition) is 4. The van der Waals surface area contributed by atoms with Crippen LogP contribution in [0.15, 0.2) is 23.1 Å². The number of aryl methyl sites for hydroxylation is 1. The average molecular weight is 402 g/mol. The highest BCUT2D eigenvalue weighted by Gasteiger charge is 2.30. The van der Waals surface area contributed by atoms with E-state index >= 15 is 0 Å². The van der Waals surface area contributed by atoms with E-state index in [0.717, 1.165) is 50.9 Å². The molecule has 1 aliphatic carbocycles. The summed E-state index contributed by atoms with van der Waals surface area (Å²) in [5.41, 5.74) is 1.30. The second-order valence-electron chi connectivity index (χ2n) is 7.19. The van der Waals surface area contributed by atoms with E-state index < -0.39 is 10.0 Å². The van der Waals surface area contributed by atoms with Crippen molar-refractivity contribution < 1.29 is 13.2 Å². The number of likely N-dealkylation sites (tertiary alicyclic amines) is 1. The third kappa shape index (κ3) is 4.97. The van der Waals surface area contributed by atoms with Gasteiger partial charge in [-0.2, -0.15) is 0 Å². The second-order valence-corrected chi connectivity index (χ2v) is 8.90. The molecule has 26 heavy (non-hydrogen) atoms. The molecule has 0 spiro atoms. The van der Waals surface area contributed by atoms with E-state index in [4.69, 9.17) is 0 Å². The van der Waals surface area contributed by atoms with Crippen LogP contribution < -0.4 is 10.0 Å². The van der Waals surface area contributed by atoms with E-state index in [1.165, 1.54) is 6.07 Å². The molecule has 146 valence electrons. The predicted octanol–water partition coefficient (Wildman–Crippen LogP) is 1.93. The molecule has 8 heteroatoms. The van der Waals surface area contributed by atoms with Crippen LogP contribution in [0.4, 0.5) is 0 Å². The maximum absolute atomic E-state index is 13.0. The largest absolute Gasteiger partial charge is 0.338 e. The summed E-state index contributed by atoms with van der Waals surface area (Å²) in [5.74, 6) is 0.383. The molecule has 1 heterocycles. The zero-order chi connectivity index (χ0) is 18.0. The van der Waals surface area contributed by atoms with Gasteiger partial charge in [0.15, 0.2) is 0 Å². The number of carbonyl (C=O) groups excluding carboxylic acids is 1. The molecule has 1 unspecified atom stereocenters. The van der Waals surface area contributed by atoms with Gasteiger partial charge in [-0.15, -0.1) is 12.4 Å². The fourth-order valence-corrected chi connectivity index (χ4v) is 4.69. The highest BCUT2D eigenvalue weighted by molar-refractivity contribution is 7.89. The topological polar surface area (TPSA) is 78.5 Å². The van der Waals surface area contributed by atoms with Crippen molar-refractivity contribution in [1.29, 1.82) is 0 Å². The molecule has 2 aliphatic rings. The van der Waals surface area contributed by atoms with Crippen molar-refractivity contribution in [3.63, 3.8) is 0 Å². The molecule has 1 atom stereocenters. The normalized spacial score (nSPS) is 20.5. The smallest absolute Gasteiger partial charge is 0.254 e. The molecule has 0 bridgehead atoms. The summed E-state index contributed by atoms with van der Waals surface area (Å²) in [6.07, 6.45) is 3.87. The molecule has 1 aromatic rings. The molecule has 1 aliphatic heterocycles. The summed E-state index contributed by atoms with van der Waals surface area (Å²) in [4.78, 5) is 15.0. The summed E-state index contributed by atoms with van der Waals surface area (Å²) in [6.45, 7) is 4.20. The SMILES string of the molecule is CNCC1CCCN(C(=O)c2cc(S(=O)(=O)NC3CC3)ccc2C)C1.Cl. The number of rotatable bonds is 6. The number of hydrogen-bond donors (Lipinski definition) is 2. The quantitative estimate of drug-likeness (QED) is 0.763. The second kappa shape index (κ2) is 8.69. The molecule has 2 N–H and O–H groups in total. The number of nitrogens with zero attached hydrogens (tertiary/aromatic N) is 1. The van der Waals surface area contributed by atoms with Crippen LogP contribution in [0.25, 0.3) is 0 Å². The lowest BCUT2D eigenvalue weighted by atomic mass is 9.97. The standard InChI is InChI=1S/C18H27N3O3S.ClH/c1-13-5-8-16(25(23,24)20-15-6-7-15)10-17(13)18(22)21-9-3-4-14(12-21)11-19-2;/h5,8,10,14-15,19-20H,3-4,6-7,9,11-12H2,1-2H3;1H. The van der Waals surface area contributed by atoms with Crippen LogP contribution in [0.5, 0.6) is 0 Å². The Bertz CT molecular complexity index is 748. The summed E-state index contributed by atoms with van der Waals surface area (Å²) < 4.78 is 27.6. The van der Waals surface area contributed by atoms with Crippen LogP contribution in [0.2, 0.25) is 0 Å². The Kier molecular flexibility index (Phi) is 7.07. The van der Waals surface area contributed by atoms with E-state index in [-0.39, 0.29) is 29.3 Å². The van der Waals surface area contributed by atoms with Gasteiger partial charge in [0.05, 0.1) is 4.90 Å². The molecule has 1 aromatic carbocycles. The number of nitrogens with one attached hydrogen (secondary N) is 2. The number of sulfonamides is 1. The van der Waals surface area contributed by atoms with Crippen molar-refractivity contribution in [1.82, 2.24) is 14.9 Å². The zero-order valence-electron chi connectivity index (χ0n) is 15.3. The summed E-state index contributed by atoms with van der Waals surface area (Å²) in [7, 11) is -1.63. The minimum absolute atomic E-state index is 0. The van der Waals surface area contributed by atoms with E-state index in [1.54, 1.807) is 12.1 Å². The first-order chi connectivity index (χ1) is 11.9. The van der Waals surface area contributed by atoms with Gasteiger partial charge in [0.1, 0.15) is 0 Å². The predicted molar refractivity (Wildman–Crippen MR) is 104 cm³/mol. The van der Waals surface area contributed by atoms with Crippen molar-refractivity contribution in [2.24, 2.45) is 5.92 Å². The first kappa shape index (κ1) is 21.2. The zero-order valence-corrected chi connectivity index (χ0v) is 17.0. The van der Waals surface area contributed by atoms with Crippen LogP contribution in [0.1, 0.15) is 41.6 Å². The molecule has 6 nitrogen and oxygen atoms in total. The van der Waals surface area contributed by atoms with Crippen LogP contribution in [0, 0.1) is 12.8 Å². The number of halogens is 1. The fraction of sp³-hybridized carbons (Fsp3) is 0.611. The van der Waals surface area contributed by atoms with Gasteiger partial charge in [0.2, 0.25) is 10.0 Å². The molecule has 3 rings (SSSR count). The molecular formula is C18H28ClN3O3S. The number of benzene rings is 1. The fourth-order valence-electron chi connectivity index (χ4n) is 3.36. The van der Waals surface area contributed by atoms with Crippen molar-refractivity contribution in [2.75, 3.05) is 26.7 Å². The minimum atomic E-state index is -3.55. The van der Waals surface area contributed by atoms with Gasteiger partial charge in [-0.1, -0.05) is 6.07 Å². The van der Waals surface area contributed by atoms with Gasteiger partial charge < -0.3 is 10.2 Å². The van der Waals surface area contributed by atoms with Crippen LogP contribution in [-0.2, 0) is 10.0 Å². The number of carbonyl (C=O) groups is 1. The molecule has 1 saturated carbocycles. The van der Waals surface area contributed by atoms with Crippen molar-refractivity contribution in [2.45, 2.75) is 43.5 Å². The monoisotopic (exact) mass is 401 g/mol. The van der Waals surface area contributed by atoms with E-state index in [2.05, 4.69) is 10.0 Å². The van der Waals surface area contributed by atoms with E-state index in [9.17, 15) is 13.2 Å². The van der Waals surface area contributed by atoms with Gasteiger partial charge >= 0.3 is 0 Å². The van der Waals surface area contributed by atoms with Crippen LogP contribution in [-0.4, -0.2) is 51.9 Å². The van der Waals surface area contributed by atoms with Crippen LogP contribution in [0.3, 0.4) is 0 Å². The highest BCUT2D eigenvalue weighted by Crippen LogP contribution is 2.25. The first-order valence-electron chi connectivity index (χ1n) is 8.97. The Morgan fingerprint density at radius 3 is 2.65 bits per heavy atom. The molecule has 0 radical (unpaired) electrons. The lowest BCUT2D eigenvalue weighted by molar-refractivity contribution is 0.0673. The Morgan fingerprint density at radius 1 is 1.27 bits per heavy atom. The van der Waals surface area contributed by atoms with Crippen molar-refractivity contribution in [3.05, 3.63) is 29.3 Å². The third-order valence-electron chi connectivity index (χ3n) is 4.95. The lowest BCUT2D eigenvalue weighted by Crippen LogP contribution is -2.42. The van der Waals surface area contributed by atoms with E-state index in [1.807, 2.05) is 18.9 Å². The summed E-state index contributed by atoms with van der Waals surface area (Å²) >= 11 is 0. The maximum Gasteiger partial charge on any atom is 0.254 e. The van der Waals surface area contributed by atoms with Gasteiger partial charge in [0, 0.05) is 24.7 Å². The molecule has 1 amide bonds. The molecule has 1 saturated heterocycles. The van der Waals surface area contributed by atoms with Crippen molar-refractivity contribution >= 4 is 28.3 Å². The molecular weight excluding hydrogens is 374 g/mol. The first-order valence-corrected chi connectivity index (χ1v) is 10.5. The Balaban J connectivity index is 0.00000243. The van der Waals surface area contributed by atoms with Gasteiger partial charge in [-0.05, 0) is 69.8 Å². The van der Waals surface area contributed by atoms with Gasteiger partial charge in [-0.3, -0.25) is 4.79 Å². The maximum atomic E-state index is 13.0. The Hall–Kier alpha value is -1.15. The molecule has 0 aromatic heterocycles. The van der Waals surface area contributed by atoms with Gasteiger partial charge in [-0.25, -0.2) is 13.1 Å². The number of piperidine rings is 1. The lowest BCUT2D eigenvalue weighted by Gasteiger charge is -2.33. The van der Waals surface area contributed by atoms with Crippen LogP contribution >= 0.6 is 12.4 Å². The number of amides is 1. The summed E-state index contributed by atoms with van der Waals surface area (Å²) in [6, 6.07) is 4.89. The Labute approximate surface area is 162 Å². The minimum Gasteiger partial charge on any atom is -0.338 e. The Morgan fingerprint density at radius 2 is 2.00 bits per heavy atom. The van der Waals surface area contributed by atoms with E-state index in [0.29, 0.717) is 11.5 Å². The molecule has 2 fully saturated rings. The average Bonchev–Trinajstić information content (AvgIpc) is 3.38.